The van der Waals surface area contributed by atoms with Crippen LogP contribution in [0.3, 0.4) is 0 Å². The van der Waals surface area contributed by atoms with Crippen molar-refractivity contribution in [2.75, 3.05) is 26.8 Å². The molecular formula is C17H28N2O. The zero-order chi connectivity index (χ0) is 14.5. The van der Waals surface area contributed by atoms with Gasteiger partial charge in [0.1, 0.15) is 0 Å². The average Bonchev–Trinajstić information content (AvgIpc) is 2.94. The third-order valence-corrected chi connectivity index (χ3v) is 4.20. The molecule has 0 bridgehead atoms. The van der Waals surface area contributed by atoms with Crippen LogP contribution in [0.15, 0.2) is 24.3 Å². The fourth-order valence-corrected chi connectivity index (χ4v) is 2.98. The van der Waals surface area contributed by atoms with Crippen molar-refractivity contribution in [3.8, 4) is 0 Å². The second kappa shape index (κ2) is 7.21. The molecule has 1 saturated heterocycles. The van der Waals surface area contributed by atoms with Crippen LogP contribution < -0.4 is 5.73 Å². The van der Waals surface area contributed by atoms with Crippen LogP contribution in [-0.2, 0) is 11.2 Å². The molecule has 2 N–H and O–H groups in total. The lowest BCUT2D eigenvalue weighted by molar-refractivity contribution is 0.134. The Kier molecular flexibility index (Phi) is 5.58. The summed E-state index contributed by atoms with van der Waals surface area (Å²) in [4.78, 5) is 2.38. The summed E-state index contributed by atoms with van der Waals surface area (Å²) in [7, 11) is 2.17. The number of rotatable bonds is 6. The third kappa shape index (κ3) is 3.81. The first-order valence-corrected chi connectivity index (χ1v) is 7.70. The smallest absolute Gasteiger partial charge is 0.0622 e. The van der Waals surface area contributed by atoms with Crippen LogP contribution in [0.1, 0.15) is 37.4 Å². The van der Waals surface area contributed by atoms with E-state index in [0.29, 0.717) is 18.5 Å². The van der Waals surface area contributed by atoms with Gasteiger partial charge in [-0.3, -0.25) is 4.90 Å². The molecule has 1 aliphatic heterocycles. The van der Waals surface area contributed by atoms with Gasteiger partial charge >= 0.3 is 0 Å². The van der Waals surface area contributed by atoms with Gasteiger partial charge in [-0.2, -0.15) is 0 Å². The number of ether oxygens (including phenoxy) is 1. The van der Waals surface area contributed by atoms with E-state index in [1.165, 1.54) is 11.1 Å². The van der Waals surface area contributed by atoms with E-state index >= 15 is 0 Å². The number of nitrogens with two attached hydrogens (primary N) is 1. The van der Waals surface area contributed by atoms with Gasteiger partial charge in [-0.1, -0.05) is 38.1 Å². The normalized spacial score (nSPS) is 20.8. The van der Waals surface area contributed by atoms with E-state index in [1.807, 2.05) is 0 Å². The maximum absolute atomic E-state index is 6.01. The lowest BCUT2D eigenvalue weighted by Crippen LogP contribution is -2.38. The second-order valence-corrected chi connectivity index (χ2v) is 6.27. The molecule has 0 radical (unpaired) electrons. The Balaban J connectivity index is 2.06. The van der Waals surface area contributed by atoms with Gasteiger partial charge in [-0.15, -0.1) is 0 Å². The highest BCUT2D eigenvalue weighted by molar-refractivity contribution is 5.26. The van der Waals surface area contributed by atoms with Crippen molar-refractivity contribution in [1.29, 1.82) is 0 Å². The molecule has 0 spiro atoms. The van der Waals surface area contributed by atoms with Crippen molar-refractivity contribution in [3.63, 3.8) is 0 Å². The average molecular weight is 276 g/mol. The molecule has 2 atom stereocenters. The Morgan fingerprint density at radius 1 is 1.30 bits per heavy atom. The third-order valence-electron chi connectivity index (χ3n) is 4.20. The van der Waals surface area contributed by atoms with Crippen molar-refractivity contribution in [1.82, 2.24) is 4.90 Å². The van der Waals surface area contributed by atoms with E-state index in [4.69, 9.17) is 10.5 Å². The standard InChI is InChI=1S/C17H28N2O/c1-13(2)10-14-4-6-15(7-5-14)17(11-18)19(3)16-8-9-20-12-16/h4-7,13,16-17H,8-12,18H2,1-3H3. The van der Waals surface area contributed by atoms with Crippen molar-refractivity contribution >= 4 is 0 Å². The van der Waals surface area contributed by atoms with Crippen LogP contribution in [0.25, 0.3) is 0 Å². The second-order valence-electron chi connectivity index (χ2n) is 6.27. The SMILES string of the molecule is CC(C)Cc1ccc(C(CN)N(C)C2CCOC2)cc1. The minimum atomic E-state index is 0.287. The summed E-state index contributed by atoms with van der Waals surface area (Å²) < 4.78 is 5.49. The van der Waals surface area contributed by atoms with Gasteiger partial charge in [0.2, 0.25) is 0 Å². The lowest BCUT2D eigenvalue weighted by Gasteiger charge is -2.32. The molecule has 1 aromatic carbocycles. The van der Waals surface area contributed by atoms with Crippen molar-refractivity contribution in [3.05, 3.63) is 35.4 Å². The van der Waals surface area contributed by atoms with Crippen molar-refractivity contribution in [2.45, 2.75) is 38.8 Å². The summed E-state index contributed by atoms with van der Waals surface area (Å²) in [5, 5.41) is 0. The van der Waals surface area contributed by atoms with E-state index in [1.54, 1.807) is 0 Å². The molecule has 112 valence electrons. The first kappa shape index (κ1) is 15.5. The minimum absolute atomic E-state index is 0.287. The number of hydrogen-bond acceptors (Lipinski definition) is 3. The molecule has 20 heavy (non-hydrogen) atoms. The molecule has 1 fully saturated rings. The molecule has 2 rings (SSSR count). The van der Waals surface area contributed by atoms with Crippen LogP contribution in [0.5, 0.6) is 0 Å². The van der Waals surface area contributed by atoms with Gasteiger partial charge in [0.05, 0.1) is 6.61 Å². The summed E-state index contributed by atoms with van der Waals surface area (Å²) >= 11 is 0. The maximum atomic E-state index is 6.01. The van der Waals surface area contributed by atoms with Crippen LogP contribution in [0.2, 0.25) is 0 Å². The molecule has 0 amide bonds. The highest BCUT2D eigenvalue weighted by atomic mass is 16.5. The fourth-order valence-electron chi connectivity index (χ4n) is 2.98. The minimum Gasteiger partial charge on any atom is -0.380 e. The first-order chi connectivity index (χ1) is 9.61. The molecule has 3 nitrogen and oxygen atoms in total. The van der Waals surface area contributed by atoms with Crippen LogP contribution in [-0.4, -0.2) is 37.7 Å². The molecule has 2 unspecified atom stereocenters. The molecule has 1 aliphatic rings. The quantitative estimate of drug-likeness (QED) is 0.868. The Labute approximate surface area is 123 Å². The number of likely N-dealkylation sites (N-methyl/N-ethyl adjacent to an activating group) is 1. The van der Waals surface area contributed by atoms with Crippen molar-refractivity contribution < 1.29 is 4.74 Å². The predicted octanol–water partition coefficient (Wildman–Crippen LogP) is 2.61. The lowest BCUT2D eigenvalue weighted by atomic mass is 9.98. The monoisotopic (exact) mass is 276 g/mol. The summed E-state index contributed by atoms with van der Waals surface area (Å²) in [6.07, 6.45) is 2.25. The first-order valence-electron chi connectivity index (χ1n) is 7.70. The Morgan fingerprint density at radius 2 is 2.00 bits per heavy atom. The van der Waals surface area contributed by atoms with Crippen LogP contribution in [0, 0.1) is 5.92 Å². The van der Waals surface area contributed by atoms with Gasteiger partial charge in [-0.05, 0) is 36.9 Å². The maximum Gasteiger partial charge on any atom is 0.0622 e. The highest BCUT2D eigenvalue weighted by Gasteiger charge is 2.26. The van der Waals surface area contributed by atoms with Crippen LogP contribution in [0.4, 0.5) is 0 Å². The van der Waals surface area contributed by atoms with Crippen LogP contribution >= 0.6 is 0 Å². The number of nitrogens with zero attached hydrogens (tertiary/aromatic N) is 1. The van der Waals surface area contributed by atoms with E-state index in [2.05, 4.69) is 50.1 Å². The highest BCUT2D eigenvalue weighted by Crippen LogP contribution is 2.24. The number of hydrogen-bond donors (Lipinski definition) is 1. The number of benzene rings is 1. The van der Waals surface area contributed by atoms with Gasteiger partial charge in [0.15, 0.2) is 0 Å². The largest absolute Gasteiger partial charge is 0.380 e. The zero-order valence-electron chi connectivity index (χ0n) is 13.0. The molecular weight excluding hydrogens is 248 g/mol. The summed E-state index contributed by atoms with van der Waals surface area (Å²) in [6, 6.07) is 9.76. The van der Waals surface area contributed by atoms with Gasteiger partial charge in [0.25, 0.3) is 0 Å². The zero-order valence-corrected chi connectivity index (χ0v) is 13.0. The van der Waals surface area contributed by atoms with E-state index in [0.717, 1.165) is 26.1 Å². The Morgan fingerprint density at radius 3 is 2.50 bits per heavy atom. The van der Waals surface area contributed by atoms with E-state index in [9.17, 15) is 0 Å². The van der Waals surface area contributed by atoms with Gasteiger partial charge in [0, 0.05) is 25.2 Å². The Hall–Kier alpha value is -0.900. The summed E-state index contributed by atoms with van der Waals surface area (Å²) in [6.45, 7) is 6.86. The molecule has 1 aromatic rings. The van der Waals surface area contributed by atoms with E-state index < -0.39 is 0 Å². The topological polar surface area (TPSA) is 38.5 Å². The summed E-state index contributed by atoms with van der Waals surface area (Å²) in [5.41, 5.74) is 8.73. The van der Waals surface area contributed by atoms with E-state index in [-0.39, 0.29) is 6.04 Å². The molecule has 1 heterocycles. The molecule has 0 saturated carbocycles. The molecule has 3 heteroatoms. The fraction of sp³-hybridized carbons (Fsp3) is 0.647. The Bertz CT molecular complexity index is 396. The molecule has 0 aliphatic carbocycles. The predicted molar refractivity (Wildman–Crippen MR) is 83.8 cm³/mol. The van der Waals surface area contributed by atoms with Crippen molar-refractivity contribution in [2.24, 2.45) is 11.7 Å². The summed E-state index contributed by atoms with van der Waals surface area (Å²) in [5.74, 6) is 0.699. The van der Waals surface area contributed by atoms with Gasteiger partial charge in [-0.25, -0.2) is 0 Å². The van der Waals surface area contributed by atoms with Gasteiger partial charge < -0.3 is 10.5 Å². The molecule has 0 aromatic heterocycles.